The van der Waals surface area contributed by atoms with Gasteiger partial charge in [0.1, 0.15) is 22.5 Å². The van der Waals surface area contributed by atoms with Gasteiger partial charge < -0.3 is 14.6 Å². The Morgan fingerprint density at radius 3 is 2.70 bits per heavy atom. The molecule has 3 aromatic rings. The van der Waals surface area contributed by atoms with Crippen molar-refractivity contribution >= 4 is 57.1 Å². The van der Waals surface area contributed by atoms with Crippen LogP contribution in [-0.2, 0) is 14.3 Å². The molecule has 1 aromatic carbocycles. The summed E-state index contributed by atoms with van der Waals surface area (Å²) in [6, 6.07) is 9.48. The van der Waals surface area contributed by atoms with Gasteiger partial charge in [-0.15, -0.1) is 17.9 Å². The number of anilines is 1. The number of ketones is 1. The first-order valence-electron chi connectivity index (χ1n) is 16.3. The Kier molecular flexibility index (Phi) is 9.28. The number of aromatic nitrogens is 2. The smallest absolute Gasteiger partial charge is 0.316 e. The van der Waals surface area contributed by atoms with Gasteiger partial charge in [-0.25, -0.2) is 9.97 Å². The van der Waals surface area contributed by atoms with Crippen LogP contribution in [0.25, 0.3) is 10.2 Å². The lowest BCUT2D eigenvalue weighted by Crippen LogP contribution is -2.63. The van der Waals surface area contributed by atoms with E-state index in [1.54, 1.807) is 13.3 Å². The molecule has 11 heteroatoms. The van der Waals surface area contributed by atoms with E-state index in [9.17, 15) is 14.7 Å². The van der Waals surface area contributed by atoms with Crippen LogP contribution in [0.1, 0.15) is 65.4 Å². The number of carbonyl (C=O) groups excluding carboxylic acids is 2. The van der Waals surface area contributed by atoms with Gasteiger partial charge in [0.05, 0.1) is 30.6 Å². The number of carbonyl (C=O) groups is 2. The Hall–Kier alpha value is -3.28. The Labute approximate surface area is 284 Å². The average Bonchev–Trinajstić information content (AvgIpc) is 3.69. The van der Waals surface area contributed by atoms with Gasteiger partial charge in [-0.3, -0.25) is 15.0 Å². The van der Waals surface area contributed by atoms with E-state index < -0.39 is 29.0 Å². The van der Waals surface area contributed by atoms with Crippen molar-refractivity contribution in [1.29, 1.82) is 0 Å². The lowest BCUT2D eigenvalue weighted by atomic mass is 9.44. The summed E-state index contributed by atoms with van der Waals surface area (Å²) in [5, 5.41) is 19.4. The highest BCUT2D eigenvalue weighted by molar-refractivity contribution is 7.99. The summed E-state index contributed by atoms with van der Waals surface area (Å²) in [7, 11) is 1.63. The molecular weight excluding hydrogens is 633 g/mol. The first-order chi connectivity index (χ1) is 22.4. The summed E-state index contributed by atoms with van der Waals surface area (Å²) in [4.78, 5) is 37.5. The molecule has 3 fully saturated rings. The zero-order valence-corrected chi connectivity index (χ0v) is 29.3. The maximum absolute atomic E-state index is 13.7. The Bertz CT molecular complexity index is 1690. The fraction of sp³-hybridized carbons (Fsp3) is 0.528. The highest BCUT2D eigenvalue weighted by Gasteiger charge is 2.68. The molecule has 0 saturated heterocycles. The van der Waals surface area contributed by atoms with Crippen molar-refractivity contribution in [1.82, 2.24) is 9.97 Å². The monoisotopic (exact) mass is 676 g/mol. The number of Topliss-reactive ketones (excluding diaryl/α,β-unsaturated/α-hetero) is 1. The number of nitrogens with one attached hydrogen (secondary N) is 1. The van der Waals surface area contributed by atoms with Gasteiger partial charge in [0.2, 0.25) is 0 Å². The van der Waals surface area contributed by atoms with Crippen LogP contribution in [0.5, 0.6) is 5.75 Å². The van der Waals surface area contributed by atoms with Gasteiger partial charge in [-0.1, -0.05) is 45.5 Å². The fourth-order valence-electron chi connectivity index (χ4n) is 8.66. The SMILES string of the molecule is C=C[C@]1(C)C[C@@H](OC(=O)CSc2nc(N/N=C/c3ccc(OC)cc3)c3ccsc3n2)[C@]2(C)[C@H](C)CC[C@]3(CCC(=O)[C@H]32)[C@@H](C)[C@@H]1O. The molecule has 0 amide bonds. The maximum Gasteiger partial charge on any atom is 0.316 e. The number of esters is 1. The van der Waals surface area contributed by atoms with Crippen molar-refractivity contribution in [2.24, 2.45) is 39.1 Å². The van der Waals surface area contributed by atoms with Crippen LogP contribution < -0.4 is 10.2 Å². The molecule has 0 radical (unpaired) electrons. The molecule has 3 aliphatic carbocycles. The lowest BCUT2D eigenvalue weighted by molar-refractivity contribution is -0.205. The number of nitrogens with zero attached hydrogens (tertiary/aromatic N) is 3. The minimum atomic E-state index is -0.703. The number of benzene rings is 1. The molecule has 8 atom stereocenters. The maximum atomic E-state index is 13.7. The standard InChI is InChI=1S/C36H44N4O5S2/c1-7-34(4)18-27(35(5)21(2)12-15-36(22(3)30(34)43)16-13-26(41)29(35)36)45-28(42)20-47-33-38-31(25-14-17-46-32(25)39-33)40-37-19-23-8-10-24(44-6)11-9-23/h7-11,14,17,19,21-22,27,29-30,43H,1,12-13,15-16,18,20H2,2-6H3,(H,38,39,40)/b37-19+/t21-,22+,27-,29+,30+,34-,35+,36+/m1/s1. The number of aliphatic hydroxyl groups is 1. The van der Waals surface area contributed by atoms with Gasteiger partial charge in [0, 0.05) is 23.2 Å². The molecule has 9 nitrogen and oxygen atoms in total. The summed E-state index contributed by atoms with van der Waals surface area (Å²) in [6.45, 7) is 12.6. The van der Waals surface area contributed by atoms with Crippen molar-refractivity contribution in [2.75, 3.05) is 18.3 Å². The fourth-order valence-corrected chi connectivity index (χ4v) is 10.1. The van der Waals surface area contributed by atoms with Gasteiger partial charge in [-0.2, -0.15) is 5.10 Å². The Balaban J connectivity index is 1.22. The van der Waals surface area contributed by atoms with Crippen molar-refractivity contribution in [3.8, 4) is 5.75 Å². The number of aliphatic hydroxyl groups excluding tert-OH is 1. The molecule has 2 heterocycles. The Morgan fingerprint density at radius 2 is 1.98 bits per heavy atom. The molecule has 2 aromatic heterocycles. The molecule has 6 rings (SSSR count). The van der Waals surface area contributed by atoms with Gasteiger partial charge in [0.25, 0.3) is 0 Å². The van der Waals surface area contributed by atoms with Crippen LogP contribution in [0.2, 0.25) is 0 Å². The van der Waals surface area contributed by atoms with Gasteiger partial charge in [0.15, 0.2) is 11.0 Å². The van der Waals surface area contributed by atoms with Crippen molar-refractivity contribution in [3.05, 3.63) is 53.9 Å². The summed E-state index contributed by atoms with van der Waals surface area (Å²) in [6.07, 6.45) is 5.75. The van der Waals surface area contributed by atoms with Crippen LogP contribution in [-0.4, -0.2) is 58.1 Å². The first kappa shape index (κ1) is 33.6. The van der Waals surface area contributed by atoms with Crippen LogP contribution in [0.4, 0.5) is 5.82 Å². The number of hydrogen-bond acceptors (Lipinski definition) is 11. The zero-order chi connectivity index (χ0) is 33.6. The van der Waals surface area contributed by atoms with Gasteiger partial charge in [-0.05, 0) is 84.2 Å². The molecule has 0 aliphatic heterocycles. The number of rotatable bonds is 9. The number of fused-ring (bicyclic) bond motifs is 1. The minimum Gasteiger partial charge on any atom is -0.497 e. The largest absolute Gasteiger partial charge is 0.497 e. The second-order valence-corrected chi connectivity index (χ2v) is 15.8. The predicted molar refractivity (Wildman–Crippen MR) is 187 cm³/mol. The minimum absolute atomic E-state index is 0.0000845. The summed E-state index contributed by atoms with van der Waals surface area (Å²) in [5.41, 5.74) is 2.38. The summed E-state index contributed by atoms with van der Waals surface area (Å²) < 4.78 is 11.6. The van der Waals surface area contributed by atoms with E-state index in [2.05, 4.69) is 47.8 Å². The van der Waals surface area contributed by atoms with Crippen LogP contribution in [0, 0.1) is 34.0 Å². The quantitative estimate of drug-likeness (QED) is 0.0608. The Morgan fingerprint density at radius 1 is 1.21 bits per heavy atom. The topological polar surface area (TPSA) is 123 Å². The van der Waals surface area contributed by atoms with E-state index in [0.29, 0.717) is 23.8 Å². The van der Waals surface area contributed by atoms with E-state index >= 15 is 0 Å². The second-order valence-electron chi connectivity index (χ2n) is 14.0. The van der Waals surface area contributed by atoms with Crippen LogP contribution in [0.3, 0.4) is 0 Å². The lowest BCUT2D eigenvalue weighted by Gasteiger charge is -2.61. The molecular formula is C36H44N4O5S2. The number of thioether (sulfide) groups is 1. The van der Waals surface area contributed by atoms with E-state index in [1.165, 1.54) is 23.1 Å². The van der Waals surface area contributed by atoms with Crippen molar-refractivity contribution in [2.45, 2.75) is 77.2 Å². The molecule has 2 bridgehead atoms. The second kappa shape index (κ2) is 13.0. The molecule has 250 valence electrons. The molecule has 0 spiro atoms. The van der Waals surface area contributed by atoms with E-state index in [0.717, 1.165) is 40.8 Å². The van der Waals surface area contributed by atoms with Gasteiger partial charge >= 0.3 is 5.97 Å². The molecule has 47 heavy (non-hydrogen) atoms. The average molecular weight is 677 g/mol. The first-order valence-corrected chi connectivity index (χ1v) is 18.2. The van der Waals surface area contributed by atoms with Crippen LogP contribution in [0.15, 0.2) is 58.6 Å². The zero-order valence-electron chi connectivity index (χ0n) is 27.7. The molecule has 2 N–H and O–H groups in total. The van der Waals surface area contributed by atoms with Crippen molar-refractivity contribution < 1.29 is 24.2 Å². The number of hydrogen-bond donors (Lipinski definition) is 2. The highest BCUT2D eigenvalue weighted by Crippen LogP contribution is 2.68. The number of thiophene rings is 1. The summed E-state index contributed by atoms with van der Waals surface area (Å²) >= 11 is 2.69. The molecule has 3 saturated carbocycles. The van der Waals surface area contributed by atoms with E-state index in [-0.39, 0.29) is 34.7 Å². The third-order valence-electron chi connectivity index (χ3n) is 11.7. The highest BCUT2D eigenvalue weighted by atomic mass is 32.2. The number of hydrazone groups is 1. The molecule has 3 aliphatic rings. The number of methoxy groups -OCH3 is 1. The predicted octanol–water partition coefficient (Wildman–Crippen LogP) is 7.14. The third-order valence-corrected chi connectivity index (χ3v) is 13.3. The summed E-state index contributed by atoms with van der Waals surface area (Å²) in [5.74, 6) is 0.982. The van der Waals surface area contributed by atoms with Crippen LogP contribution >= 0.6 is 23.1 Å². The van der Waals surface area contributed by atoms with E-state index in [4.69, 9.17) is 9.47 Å². The molecule has 0 unspecified atom stereocenters. The van der Waals surface area contributed by atoms with E-state index in [1.807, 2.05) is 48.7 Å². The third kappa shape index (κ3) is 5.88. The number of ether oxygens (including phenoxy) is 2. The van der Waals surface area contributed by atoms with Crippen molar-refractivity contribution in [3.63, 3.8) is 0 Å². The normalized spacial score (nSPS) is 33.7.